The van der Waals surface area contributed by atoms with Crippen LogP contribution in [-0.2, 0) is 6.42 Å². The van der Waals surface area contributed by atoms with Gasteiger partial charge in [-0.25, -0.2) is 4.98 Å². The van der Waals surface area contributed by atoms with Gasteiger partial charge >= 0.3 is 0 Å². The van der Waals surface area contributed by atoms with E-state index in [1.165, 1.54) is 29.1 Å². The second kappa shape index (κ2) is 7.33. The number of thioether (sulfide) groups is 2. The van der Waals surface area contributed by atoms with E-state index in [2.05, 4.69) is 22.1 Å². The van der Waals surface area contributed by atoms with Crippen LogP contribution in [0.15, 0.2) is 35.6 Å². The minimum atomic E-state index is 0.160. The molecule has 110 valence electrons. The highest BCUT2D eigenvalue weighted by Gasteiger charge is 2.09. The van der Waals surface area contributed by atoms with Crippen LogP contribution >= 0.6 is 23.5 Å². The Labute approximate surface area is 132 Å². The summed E-state index contributed by atoms with van der Waals surface area (Å²) in [6, 6.07) is 8.24. The van der Waals surface area contributed by atoms with Crippen molar-refractivity contribution in [2.75, 3.05) is 5.75 Å². The summed E-state index contributed by atoms with van der Waals surface area (Å²) in [5, 5.41) is 16.2. The quantitative estimate of drug-likeness (QED) is 0.385. The highest BCUT2D eigenvalue weighted by atomic mass is 32.2. The molecule has 1 heterocycles. The lowest BCUT2D eigenvalue weighted by molar-refractivity contribution is 1.16. The number of aryl methyl sites for hydroxylation is 1. The van der Waals surface area contributed by atoms with Crippen molar-refractivity contribution in [3.05, 3.63) is 36.2 Å². The van der Waals surface area contributed by atoms with E-state index in [1.54, 1.807) is 13.3 Å². The van der Waals surface area contributed by atoms with Crippen molar-refractivity contribution in [3.8, 4) is 11.3 Å². The molecule has 0 amide bonds. The first-order valence-electron chi connectivity index (χ1n) is 6.39. The molecule has 7 heteroatoms. The molecule has 1 aromatic carbocycles. The van der Waals surface area contributed by atoms with Crippen LogP contribution in [0, 0.1) is 10.8 Å². The number of nitrogens with two attached hydrogens (primary N) is 1. The Balaban J connectivity index is 2.07. The molecule has 0 aliphatic heterocycles. The van der Waals surface area contributed by atoms with E-state index < -0.39 is 0 Å². The molecule has 0 aliphatic rings. The van der Waals surface area contributed by atoms with Crippen molar-refractivity contribution < 1.29 is 0 Å². The summed E-state index contributed by atoms with van der Waals surface area (Å²) in [6.45, 7) is 1.75. The molecule has 0 unspecified atom stereocenters. The van der Waals surface area contributed by atoms with Gasteiger partial charge in [0.05, 0.1) is 17.1 Å². The molecule has 2 aromatic rings. The first-order chi connectivity index (χ1) is 10.1. The summed E-state index contributed by atoms with van der Waals surface area (Å²) >= 11 is 2.70. The van der Waals surface area contributed by atoms with Crippen molar-refractivity contribution in [2.24, 2.45) is 5.73 Å². The number of benzene rings is 1. The molecular weight excluding hydrogens is 302 g/mol. The van der Waals surface area contributed by atoms with E-state index in [0.29, 0.717) is 5.04 Å². The Bertz CT molecular complexity index is 633. The van der Waals surface area contributed by atoms with Gasteiger partial charge in [0.15, 0.2) is 5.17 Å². The normalized spacial score (nSPS) is 10.5. The smallest absolute Gasteiger partial charge is 0.151 e. The number of aromatic amines is 1. The molecular formula is C14H17N5S2. The zero-order chi connectivity index (χ0) is 15.2. The second-order valence-electron chi connectivity index (χ2n) is 4.40. The van der Waals surface area contributed by atoms with Crippen molar-refractivity contribution in [1.29, 1.82) is 10.8 Å². The molecule has 0 radical (unpaired) electrons. The number of H-pyrrole nitrogens is 1. The van der Waals surface area contributed by atoms with Crippen LogP contribution in [0.2, 0.25) is 0 Å². The van der Waals surface area contributed by atoms with Gasteiger partial charge in [-0.3, -0.25) is 10.8 Å². The van der Waals surface area contributed by atoms with Crippen LogP contribution in [0.1, 0.15) is 12.5 Å². The van der Waals surface area contributed by atoms with E-state index in [9.17, 15) is 0 Å². The third-order valence-electron chi connectivity index (χ3n) is 2.75. The number of hydrogen-bond donors (Lipinski definition) is 4. The van der Waals surface area contributed by atoms with Crippen molar-refractivity contribution >= 4 is 33.7 Å². The van der Waals surface area contributed by atoms with E-state index in [1.807, 2.05) is 12.1 Å². The lowest BCUT2D eigenvalue weighted by Gasteiger charge is -2.04. The molecule has 5 nitrogen and oxygen atoms in total. The molecule has 0 saturated heterocycles. The Morgan fingerprint density at radius 2 is 2.00 bits per heavy atom. The number of nitrogens with zero attached hydrogens (tertiary/aromatic N) is 1. The zero-order valence-electron chi connectivity index (χ0n) is 11.6. The molecule has 1 aromatic heterocycles. The minimum Gasteiger partial charge on any atom is -0.379 e. The van der Waals surface area contributed by atoms with Gasteiger partial charge in [-0.2, -0.15) is 0 Å². The number of hydrogen-bond acceptors (Lipinski definition) is 5. The van der Waals surface area contributed by atoms with Crippen molar-refractivity contribution in [1.82, 2.24) is 9.97 Å². The van der Waals surface area contributed by atoms with E-state index in [0.717, 1.165) is 28.5 Å². The van der Waals surface area contributed by atoms with Gasteiger partial charge in [0, 0.05) is 11.3 Å². The number of imidazole rings is 1. The van der Waals surface area contributed by atoms with Crippen molar-refractivity contribution in [2.45, 2.75) is 18.4 Å². The Morgan fingerprint density at radius 1 is 1.29 bits per heavy atom. The number of amidine groups is 1. The molecule has 0 bridgehead atoms. The molecule has 0 saturated carbocycles. The van der Waals surface area contributed by atoms with Gasteiger partial charge in [0.25, 0.3) is 0 Å². The average molecular weight is 319 g/mol. The molecule has 5 N–H and O–H groups in total. The standard InChI is InChI=1S/C14H17N5S2/c1-9(15)21-13-12(18-8-19-13)11-4-2-10(3-5-11)6-7-20-14(16)17/h2-5,8,15H,6-7H2,1H3,(H3,16,17)(H,18,19). The average Bonchev–Trinajstić information content (AvgIpc) is 2.86. The number of aromatic nitrogens is 2. The van der Waals surface area contributed by atoms with Gasteiger partial charge in [-0.15, -0.1) is 0 Å². The predicted octanol–water partition coefficient (Wildman–Crippen LogP) is 3.34. The van der Waals surface area contributed by atoms with E-state index in [-0.39, 0.29) is 5.17 Å². The summed E-state index contributed by atoms with van der Waals surface area (Å²) in [5.74, 6) is 0.812. The van der Waals surface area contributed by atoms with Gasteiger partial charge in [0.1, 0.15) is 5.03 Å². The van der Waals surface area contributed by atoms with Crippen molar-refractivity contribution in [3.63, 3.8) is 0 Å². The largest absolute Gasteiger partial charge is 0.379 e. The van der Waals surface area contributed by atoms with Crippen LogP contribution in [0.3, 0.4) is 0 Å². The first kappa shape index (κ1) is 15.7. The lowest BCUT2D eigenvalue weighted by Crippen LogP contribution is -2.05. The Morgan fingerprint density at radius 3 is 2.62 bits per heavy atom. The van der Waals surface area contributed by atoms with Gasteiger partial charge in [0.2, 0.25) is 0 Å². The molecule has 2 rings (SSSR count). The topological polar surface area (TPSA) is 102 Å². The van der Waals surface area contributed by atoms with Gasteiger partial charge in [-0.05, 0) is 18.9 Å². The fraction of sp³-hybridized carbons (Fsp3) is 0.214. The third kappa shape index (κ3) is 4.64. The van der Waals surface area contributed by atoms with E-state index >= 15 is 0 Å². The lowest BCUT2D eigenvalue weighted by atomic mass is 10.1. The van der Waals surface area contributed by atoms with E-state index in [4.69, 9.17) is 16.6 Å². The van der Waals surface area contributed by atoms with Crippen LogP contribution in [0.4, 0.5) is 0 Å². The van der Waals surface area contributed by atoms with Crippen LogP contribution in [0.25, 0.3) is 11.3 Å². The SMILES string of the molecule is CC(=N)Sc1nc[nH]c1-c1ccc(CCSC(=N)N)cc1. The molecule has 21 heavy (non-hydrogen) atoms. The third-order valence-corrected chi connectivity index (χ3v) is 4.27. The summed E-state index contributed by atoms with van der Waals surface area (Å²) in [6.07, 6.45) is 2.53. The fourth-order valence-corrected chi connectivity index (χ4v) is 3.06. The summed E-state index contributed by atoms with van der Waals surface area (Å²) in [5.41, 5.74) is 8.53. The predicted molar refractivity (Wildman–Crippen MR) is 91.4 cm³/mol. The first-order valence-corrected chi connectivity index (χ1v) is 8.19. The van der Waals surface area contributed by atoms with Crippen LogP contribution in [-0.4, -0.2) is 25.9 Å². The maximum atomic E-state index is 7.55. The fourth-order valence-electron chi connectivity index (χ4n) is 1.83. The Kier molecular flexibility index (Phi) is 5.46. The maximum absolute atomic E-state index is 7.55. The van der Waals surface area contributed by atoms with Gasteiger partial charge in [-0.1, -0.05) is 47.8 Å². The summed E-state index contributed by atoms with van der Waals surface area (Å²) in [4.78, 5) is 7.38. The van der Waals surface area contributed by atoms with Crippen LogP contribution in [0.5, 0.6) is 0 Å². The number of nitrogens with one attached hydrogen (secondary N) is 3. The monoisotopic (exact) mass is 319 g/mol. The minimum absolute atomic E-state index is 0.160. The highest BCUT2D eigenvalue weighted by molar-refractivity contribution is 8.14. The molecule has 0 fully saturated rings. The molecule has 0 atom stereocenters. The van der Waals surface area contributed by atoms with Crippen LogP contribution < -0.4 is 5.73 Å². The Hall–Kier alpha value is -1.73. The highest BCUT2D eigenvalue weighted by Crippen LogP contribution is 2.28. The summed E-state index contributed by atoms with van der Waals surface area (Å²) < 4.78 is 0. The summed E-state index contributed by atoms with van der Waals surface area (Å²) in [7, 11) is 0. The molecule has 0 spiro atoms. The number of rotatable bonds is 5. The zero-order valence-corrected chi connectivity index (χ0v) is 13.3. The maximum Gasteiger partial charge on any atom is 0.151 e. The molecule has 0 aliphatic carbocycles. The van der Waals surface area contributed by atoms with Gasteiger partial charge < -0.3 is 10.7 Å². The second-order valence-corrected chi connectivity index (χ2v) is 6.74.